The smallest absolute Gasteiger partial charge is 0.338 e. The highest BCUT2D eigenvalue weighted by molar-refractivity contribution is 5.98. The number of hydrogen-bond acceptors (Lipinski definition) is 5. The molecule has 0 aliphatic heterocycles. The van der Waals surface area contributed by atoms with Crippen molar-refractivity contribution in [1.29, 1.82) is 5.26 Å². The fourth-order valence-corrected chi connectivity index (χ4v) is 2.49. The topological polar surface area (TPSA) is 88.4 Å². The summed E-state index contributed by atoms with van der Waals surface area (Å²) in [4.78, 5) is 24.6. The molecule has 0 saturated heterocycles. The van der Waals surface area contributed by atoms with E-state index >= 15 is 0 Å². The molecule has 3 aromatic carbocycles. The number of anilines is 1. The van der Waals surface area contributed by atoms with E-state index in [1.807, 2.05) is 36.4 Å². The Kier molecular flexibility index (Phi) is 6.23. The second-order valence-corrected chi connectivity index (χ2v) is 6.13. The molecule has 6 heteroatoms. The SMILES string of the molecule is C[C@H](OC(=O)c1ccc(Oc2ccccc2)cc1)C(=O)Nc1ccccc1C#N. The first-order valence-electron chi connectivity index (χ1n) is 8.91. The molecule has 0 aliphatic rings. The van der Waals surface area contributed by atoms with E-state index in [0.717, 1.165) is 0 Å². The van der Waals surface area contributed by atoms with E-state index in [2.05, 4.69) is 5.32 Å². The van der Waals surface area contributed by atoms with Crippen molar-refractivity contribution in [3.8, 4) is 17.6 Å². The van der Waals surface area contributed by atoms with Crippen LogP contribution in [0.2, 0.25) is 0 Å². The van der Waals surface area contributed by atoms with E-state index < -0.39 is 18.0 Å². The van der Waals surface area contributed by atoms with E-state index in [0.29, 0.717) is 28.3 Å². The maximum atomic E-state index is 12.3. The summed E-state index contributed by atoms with van der Waals surface area (Å²) >= 11 is 0. The Balaban J connectivity index is 1.59. The van der Waals surface area contributed by atoms with Gasteiger partial charge in [-0.05, 0) is 55.5 Å². The highest BCUT2D eigenvalue weighted by atomic mass is 16.5. The van der Waals surface area contributed by atoms with Crippen molar-refractivity contribution in [2.45, 2.75) is 13.0 Å². The van der Waals surface area contributed by atoms with Crippen molar-refractivity contribution in [3.63, 3.8) is 0 Å². The Bertz CT molecular complexity index is 1040. The highest BCUT2D eigenvalue weighted by Crippen LogP contribution is 2.21. The number of nitriles is 1. The molecule has 0 aromatic heterocycles. The van der Waals surface area contributed by atoms with Crippen molar-refractivity contribution >= 4 is 17.6 Å². The van der Waals surface area contributed by atoms with E-state index in [1.165, 1.54) is 6.92 Å². The fraction of sp³-hybridized carbons (Fsp3) is 0.0870. The minimum absolute atomic E-state index is 0.294. The van der Waals surface area contributed by atoms with Crippen LogP contribution in [0.4, 0.5) is 5.69 Å². The highest BCUT2D eigenvalue weighted by Gasteiger charge is 2.20. The van der Waals surface area contributed by atoms with Crippen molar-refractivity contribution in [1.82, 2.24) is 0 Å². The number of nitrogens with one attached hydrogen (secondary N) is 1. The van der Waals surface area contributed by atoms with Crippen LogP contribution in [0.25, 0.3) is 0 Å². The summed E-state index contributed by atoms with van der Waals surface area (Å²) in [5, 5.41) is 11.7. The number of esters is 1. The summed E-state index contributed by atoms with van der Waals surface area (Å²) in [6.45, 7) is 1.47. The van der Waals surface area contributed by atoms with Gasteiger partial charge < -0.3 is 14.8 Å². The Morgan fingerprint density at radius 2 is 1.52 bits per heavy atom. The van der Waals surface area contributed by atoms with E-state index in [-0.39, 0.29) is 0 Å². The molecule has 0 heterocycles. The molecule has 0 aliphatic carbocycles. The Morgan fingerprint density at radius 1 is 0.897 bits per heavy atom. The molecule has 29 heavy (non-hydrogen) atoms. The summed E-state index contributed by atoms with van der Waals surface area (Å²) in [5.74, 6) is 0.106. The van der Waals surface area contributed by atoms with Crippen LogP contribution in [0, 0.1) is 11.3 Å². The van der Waals surface area contributed by atoms with Gasteiger partial charge in [0.25, 0.3) is 5.91 Å². The van der Waals surface area contributed by atoms with Crippen LogP contribution >= 0.6 is 0 Å². The standard InChI is InChI=1S/C23H18N2O4/c1-16(22(26)25-21-10-6-5-7-18(21)15-24)28-23(27)17-11-13-20(14-12-17)29-19-8-3-2-4-9-19/h2-14,16H,1H3,(H,25,26)/t16-/m0/s1. The Morgan fingerprint density at radius 3 is 2.21 bits per heavy atom. The molecule has 0 unspecified atom stereocenters. The zero-order valence-electron chi connectivity index (χ0n) is 15.7. The number of benzene rings is 3. The first kappa shape index (κ1) is 19.6. The van der Waals surface area contributed by atoms with Gasteiger partial charge in [-0.25, -0.2) is 4.79 Å². The average molecular weight is 386 g/mol. The lowest BCUT2D eigenvalue weighted by Crippen LogP contribution is -2.30. The lowest BCUT2D eigenvalue weighted by atomic mass is 10.2. The maximum absolute atomic E-state index is 12.3. The van der Waals surface area contributed by atoms with E-state index in [4.69, 9.17) is 14.7 Å². The second-order valence-electron chi connectivity index (χ2n) is 6.13. The number of nitrogens with zero attached hydrogens (tertiary/aromatic N) is 1. The molecule has 0 spiro atoms. The lowest BCUT2D eigenvalue weighted by molar-refractivity contribution is -0.123. The summed E-state index contributed by atoms with van der Waals surface area (Å²) < 4.78 is 10.9. The number of hydrogen-bond donors (Lipinski definition) is 1. The van der Waals surface area contributed by atoms with Gasteiger partial charge in [-0.3, -0.25) is 4.79 Å². The number of rotatable bonds is 6. The molecule has 0 radical (unpaired) electrons. The van der Waals surface area contributed by atoms with Crippen LogP contribution < -0.4 is 10.1 Å². The third kappa shape index (κ3) is 5.21. The van der Waals surface area contributed by atoms with Crippen molar-refractivity contribution in [3.05, 3.63) is 90.0 Å². The molecule has 0 fully saturated rings. The minimum atomic E-state index is -1.03. The largest absolute Gasteiger partial charge is 0.457 e. The lowest BCUT2D eigenvalue weighted by Gasteiger charge is -2.14. The first-order chi connectivity index (χ1) is 14.1. The van der Waals surface area contributed by atoms with Crippen LogP contribution in [0.3, 0.4) is 0 Å². The number of carbonyl (C=O) groups excluding carboxylic acids is 2. The molecule has 0 saturated carbocycles. The number of carbonyl (C=O) groups is 2. The zero-order chi connectivity index (χ0) is 20.6. The Hall–Kier alpha value is -4.11. The maximum Gasteiger partial charge on any atom is 0.338 e. The predicted octanol–water partition coefficient (Wildman–Crippen LogP) is 4.53. The molecule has 1 amide bonds. The molecule has 1 N–H and O–H groups in total. The number of amides is 1. The normalized spacial score (nSPS) is 11.0. The summed E-state index contributed by atoms with van der Waals surface area (Å²) in [6.07, 6.45) is -1.03. The number of para-hydroxylation sites is 2. The average Bonchev–Trinajstić information content (AvgIpc) is 2.75. The van der Waals surface area contributed by atoms with Gasteiger partial charge in [0.15, 0.2) is 6.10 Å². The van der Waals surface area contributed by atoms with Gasteiger partial charge in [0.2, 0.25) is 0 Å². The molecule has 3 aromatic rings. The van der Waals surface area contributed by atoms with Gasteiger partial charge in [0, 0.05) is 0 Å². The first-order valence-corrected chi connectivity index (χ1v) is 8.91. The summed E-state index contributed by atoms with van der Waals surface area (Å²) in [7, 11) is 0. The minimum Gasteiger partial charge on any atom is -0.457 e. The van der Waals surface area contributed by atoms with Gasteiger partial charge in [-0.2, -0.15) is 5.26 Å². The van der Waals surface area contributed by atoms with Crippen molar-refractivity contribution < 1.29 is 19.1 Å². The molecule has 0 bridgehead atoms. The Labute approximate surface area is 168 Å². The summed E-state index contributed by atoms with van der Waals surface area (Å²) in [5.41, 5.74) is 0.987. The van der Waals surface area contributed by atoms with Crippen molar-refractivity contribution in [2.24, 2.45) is 0 Å². The molecule has 3 rings (SSSR count). The van der Waals surface area contributed by atoms with Gasteiger partial charge in [0.05, 0.1) is 16.8 Å². The van der Waals surface area contributed by atoms with E-state index in [1.54, 1.807) is 48.5 Å². The van der Waals surface area contributed by atoms with Crippen LogP contribution in [0.1, 0.15) is 22.8 Å². The molecular formula is C23H18N2O4. The predicted molar refractivity (Wildman–Crippen MR) is 108 cm³/mol. The number of ether oxygens (including phenoxy) is 2. The van der Waals surface area contributed by atoms with Crippen LogP contribution in [-0.2, 0) is 9.53 Å². The van der Waals surface area contributed by atoms with Gasteiger partial charge >= 0.3 is 5.97 Å². The monoisotopic (exact) mass is 386 g/mol. The van der Waals surface area contributed by atoms with Crippen LogP contribution in [0.5, 0.6) is 11.5 Å². The van der Waals surface area contributed by atoms with Gasteiger partial charge in [-0.15, -0.1) is 0 Å². The van der Waals surface area contributed by atoms with Crippen LogP contribution in [-0.4, -0.2) is 18.0 Å². The molecular weight excluding hydrogens is 368 g/mol. The molecule has 6 nitrogen and oxygen atoms in total. The third-order valence-electron chi connectivity index (χ3n) is 4.03. The van der Waals surface area contributed by atoms with E-state index in [9.17, 15) is 9.59 Å². The third-order valence-corrected chi connectivity index (χ3v) is 4.03. The second kappa shape index (κ2) is 9.20. The van der Waals surface area contributed by atoms with Gasteiger partial charge in [0.1, 0.15) is 17.6 Å². The quantitative estimate of drug-likeness (QED) is 0.629. The van der Waals surface area contributed by atoms with Crippen LogP contribution in [0.15, 0.2) is 78.9 Å². The zero-order valence-corrected chi connectivity index (χ0v) is 15.7. The van der Waals surface area contributed by atoms with Crippen molar-refractivity contribution in [2.75, 3.05) is 5.32 Å². The summed E-state index contributed by atoms with van der Waals surface area (Å²) in [6, 6.07) is 24.3. The molecule has 1 atom stereocenters. The molecule has 144 valence electrons. The fourth-order valence-electron chi connectivity index (χ4n) is 2.49. The van der Waals surface area contributed by atoms with Gasteiger partial charge in [-0.1, -0.05) is 30.3 Å².